The van der Waals surface area contributed by atoms with Crippen molar-refractivity contribution in [1.29, 1.82) is 0 Å². The van der Waals surface area contributed by atoms with Crippen LogP contribution in [0.1, 0.15) is 45.4 Å². The average molecular weight is 344 g/mol. The van der Waals surface area contributed by atoms with Crippen LogP contribution >= 0.6 is 0 Å². The van der Waals surface area contributed by atoms with Gasteiger partial charge in [-0.1, -0.05) is 0 Å². The van der Waals surface area contributed by atoms with Gasteiger partial charge in [0.15, 0.2) is 6.29 Å². The lowest BCUT2D eigenvalue weighted by Gasteiger charge is -2.60. The van der Waals surface area contributed by atoms with E-state index in [1.807, 2.05) is 6.92 Å². The van der Waals surface area contributed by atoms with Crippen LogP contribution in [0.25, 0.3) is 0 Å². The Bertz CT molecular complexity index is 444. The number of hydrogen-bond acceptors (Lipinski definition) is 7. The minimum absolute atomic E-state index is 0.272. The minimum Gasteiger partial charge on any atom is -0.385 e. The highest BCUT2D eigenvalue weighted by molar-refractivity contribution is 5.03. The second-order valence-electron chi connectivity index (χ2n) is 7.22. The number of hydrogen-bond donors (Lipinski definition) is 1. The largest absolute Gasteiger partial charge is 0.385 e. The topological polar surface area (TPSA) is 75.6 Å². The van der Waals surface area contributed by atoms with Gasteiger partial charge in [0.25, 0.3) is 0 Å². The van der Waals surface area contributed by atoms with Crippen molar-refractivity contribution in [3.63, 3.8) is 0 Å². The van der Waals surface area contributed by atoms with Gasteiger partial charge in [-0.25, -0.2) is 0 Å². The van der Waals surface area contributed by atoms with Gasteiger partial charge in [-0.3, -0.25) is 0 Å². The number of aliphatic hydroxyl groups is 1. The Morgan fingerprint density at radius 2 is 1.50 bits per heavy atom. The summed E-state index contributed by atoms with van der Waals surface area (Å²) in [5.74, 6) is -1.87. The molecule has 0 unspecified atom stereocenters. The van der Waals surface area contributed by atoms with Crippen molar-refractivity contribution in [2.75, 3.05) is 20.3 Å². The van der Waals surface area contributed by atoms with Crippen LogP contribution in [0.4, 0.5) is 0 Å². The molecule has 0 amide bonds. The van der Waals surface area contributed by atoms with Crippen molar-refractivity contribution in [3.8, 4) is 0 Å². The second-order valence-corrected chi connectivity index (χ2v) is 7.22. The van der Waals surface area contributed by atoms with Crippen molar-refractivity contribution in [1.82, 2.24) is 0 Å². The third kappa shape index (κ3) is 2.53. The molecule has 4 saturated heterocycles. The van der Waals surface area contributed by atoms with Gasteiger partial charge >= 0.3 is 0 Å². The maximum atomic E-state index is 10.6. The van der Waals surface area contributed by atoms with Crippen molar-refractivity contribution < 1.29 is 33.5 Å². The van der Waals surface area contributed by atoms with E-state index in [4.69, 9.17) is 28.4 Å². The summed E-state index contributed by atoms with van der Waals surface area (Å²) in [6.45, 7) is 3.15. The molecular weight excluding hydrogens is 316 g/mol. The third-order valence-electron chi connectivity index (χ3n) is 5.69. The number of rotatable bonds is 1. The molecule has 0 radical (unpaired) electrons. The molecule has 1 N–H and O–H groups in total. The fraction of sp³-hybridized carbons (Fsp3) is 1.00. The standard InChI is InChI=1S/C17H28O7/c1-11-13-14(12(18)15(19-2)22-11)24-17(8-4-6-10-21-17)16(23-13)7-3-5-9-20-16/h11-15,18H,3-10H2,1-2H3/t11-,12+,13-,14-,15-,16+,17+/m0/s1. The first-order chi connectivity index (χ1) is 11.6. The zero-order chi connectivity index (χ0) is 16.8. The predicted molar refractivity (Wildman–Crippen MR) is 82.2 cm³/mol. The summed E-state index contributed by atoms with van der Waals surface area (Å²) >= 11 is 0. The van der Waals surface area contributed by atoms with Gasteiger partial charge in [0.05, 0.1) is 19.3 Å². The monoisotopic (exact) mass is 344 g/mol. The second kappa shape index (κ2) is 6.46. The van der Waals surface area contributed by atoms with Crippen molar-refractivity contribution in [3.05, 3.63) is 0 Å². The van der Waals surface area contributed by atoms with E-state index < -0.39 is 36.2 Å². The summed E-state index contributed by atoms with van der Waals surface area (Å²) in [4.78, 5) is 0. The predicted octanol–water partition coefficient (Wildman–Crippen LogP) is 1.32. The van der Waals surface area contributed by atoms with E-state index >= 15 is 0 Å². The smallest absolute Gasteiger partial charge is 0.224 e. The molecule has 2 spiro atoms. The Labute approximate surface area is 142 Å². The van der Waals surface area contributed by atoms with Crippen LogP contribution in [0.3, 0.4) is 0 Å². The molecule has 0 bridgehead atoms. The molecule has 0 aromatic carbocycles. The molecule has 24 heavy (non-hydrogen) atoms. The average Bonchev–Trinajstić information content (AvgIpc) is 2.62. The molecule has 4 aliphatic heterocycles. The minimum atomic E-state index is -0.955. The molecule has 4 aliphatic rings. The maximum Gasteiger partial charge on any atom is 0.224 e. The molecule has 7 heteroatoms. The van der Waals surface area contributed by atoms with Gasteiger partial charge in [0.2, 0.25) is 11.6 Å². The Hall–Kier alpha value is -0.280. The van der Waals surface area contributed by atoms with Crippen molar-refractivity contribution >= 4 is 0 Å². The Morgan fingerprint density at radius 1 is 0.917 bits per heavy atom. The molecule has 4 fully saturated rings. The van der Waals surface area contributed by atoms with Crippen LogP contribution in [-0.2, 0) is 28.4 Å². The fourth-order valence-corrected chi connectivity index (χ4v) is 4.42. The number of aliphatic hydroxyl groups excluding tert-OH is 1. The summed E-state index contributed by atoms with van der Waals surface area (Å²) in [7, 11) is 1.52. The SMILES string of the molecule is CO[C@H]1O[C@@H](C)[C@@H]2O[C@]3(CCCCO3)[C@@]3(CCCCO3)O[C@H]2[C@H]1O. The van der Waals surface area contributed by atoms with Gasteiger partial charge in [-0.15, -0.1) is 0 Å². The first-order valence-corrected chi connectivity index (χ1v) is 9.11. The van der Waals surface area contributed by atoms with Crippen LogP contribution in [0.5, 0.6) is 0 Å². The molecule has 138 valence electrons. The van der Waals surface area contributed by atoms with Gasteiger partial charge in [0.1, 0.15) is 18.3 Å². The Balaban J connectivity index is 1.67. The summed E-state index contributed by atoms with van der Waals surface area (Å²) in [5, 5.41) is 10.6. The van der Waals surface area contributed by atoms with E-state index in [-0.39, 0.29) is 6.10 Å². The van der Waals surface area contributed by atoms with E-state index in [9.17, 15) is 5.11 Å². The highest BCUT2D eigenvalue weighted by Gasteiger charge is 2.66. The fourth-order valence-electron chi connectivity index (χ4n) is 4.42. The van der Waals surface area contributed by atoms with E-state index in [1.54, 1.807) is 0 Å². The molecule has 0 aliphatic carbocycles. The molecule has 7 atom stereocenters. The molecule has 0 aromatic rings. The molecule has 4 heterocycles. The summed E-state index contributed by atoms with van der Waals surface area (Å²) in [5.41, 5.74) is 0. The lowest BCUT2D eigenvalue weighted by atomic mass is 9.86. The summed E-state index contributed by atoms with van der Waals surface area (Å²) in [6.07, 6.45) is 2.52. The van der Waals surface area contributed by atoms with Crippen LogP contribution in [0.15, 0.2) is 0 Å². The third-order valence-corrected chi connectivity index (χ3v) is 5.69. The lowest BCUT2D eigenvalue weighted by molar-refractivity contribution is -0.504. The summed E-state index contributed by atoms with van der Waals surface area (Å²) in [6, 6.07) is 0. The first-order valence-electron chi connectivity index (χ1n) is 9.11. The highest BCUT2D eigenvalue weighted by Crippen LogP contribution is 2.51. The normalized spacial score (nSPS) is 52.4. The molecule has 4 rings (SSSR count). The highest BCUT2D eigenvalue weighted by atomic mass is 16.8. The van der Waals surface area contributed by atoms with Crippen molar-refractivity contribution in [2.45, 2.75) is 87.7 Å². The van der Waals surface area contributed by atoms with Gasteiger partial charge in [-0.2, -0.15) is 0 Å². The Morgan fingerprint density at radius 3 is 2.00 bits per heavy atom. The van der Waals surface area contributed by atoms with Crippen molar-refractivity contribution in [2.24, 2.45) is 0 Å². The Kier molecular flexibility index (Phi) is 4.62. The number of fused-ring (bicyclic) bond motifs is 2. The number of methoxy groups -OCH3 is 1. The van der Waals surface area contributed by atoms with Crippen LogP contribution in [0.2, 0.25) is 0 Å². The van der Waals surface area contributed by atoms with Gasteiger partial charge < -0.3 is 33.5 Å². The quantitative estimate of drug-likeness (QED) is 0.769. The van der Waals surface area contributed by atoms with E-state index in [0.29, 0.717) is 19.6 Å². The molecule has 7 nitrogen and oxygen atoms in total. The zero-order valence-electron chi connectivity index (χ0n) is 14.4. The molecular formula is C17H28O7. The van der Waals surface area contributed by atoms with Gasteiger partial charge in [0, 0.05) is 20.0 Å². The van der Waals surface area contributed by atoms with Crippen LogP contribution in [0, 0.1) is 0 Å². The van der Waals surface area contributed by atoms with Crippen LogP contribution in [-0.4, -0.2) is 67.7 Å². The van der Waals surface area contributed by atoms with E-state index in [1.165, 1.54) is 7.11 Å². The lowest BCUT2D eigenvalue weighted by Crippen LogP contribution is -2.75. The molecule has 0 saturated carbocycles. The van der Waals surface area contributed by atoms with E-state index in [0.717, 1.165) is 32.1 Å². The first kappa shape index (κ1) is 17.1. The molecule has 0 aromatic heterocycles. The summed E-state index contributed by atoms with van der Waals surface area (Å²) < 4.78 is 36.2. The number of ether oxygens (including phenoxy) is 6. The van der Waals surface area contributed by atoms with E-state index in [2.05, 4.69) is 0 Å². The maximum absolute atomic E-state index is 10.6. The van der Waals surface area contributed by atoms with Crippen LogP contribution < -0.4 is 0 Å². The van der Waals surface area contributed by atoms with Gasteiger partial charge in [-0.05, 0) is 32.6 Å². The zero-order valence-corrected chi connectivity index (χ0v) is 14.4.